The Morgan fingerprint density at radius 1 is 1.28 bits per heavy atom. The zero-order valence-electron chi connectivity index (χ0n) is 14.0. The summed E-state index contributed by atoms with van der Waals surface area (Å²) in [6, 6.07) is 3.74. The summed E-state index contributed by atoms with van der Waals surface area (Å²) in [5.74, 6) is -0.421. The van der Waals surface area contributed by atoms with Crippen molar-refractivity contribution in [2.45, 2.75) is 25.2 Å². The van der Waals surface area contributed by atoms with E-state index in [0.717, 1.165) is 6.07 Å². The molecule has 2 N–H and O–H groups in total. The molecule has 0 fully saturated rings. The molecule has 0 saturated heterocycles. The molecule has 1 amide bonds. The lowest BCUT2D eigenvalue weighted by Crippen LogP contribution is -2.37. The Labute approximate surface area is 150 Å². The maximum atomic E-state index is 13.1. The van der Waals surface area contributed by atoms with Crippen molar-refractivity contribution in [2.75, 3.05) is 7.05 Å². The predicted octanol–water partition coefficient (Wildman–Crippen LogP) is 3.00. The summed E-state index contributed by atoms with van der Waals surface area (Å²) in [7, 11) is 3.32. The SMILES string of the molecule is CNC(C(=O)NC(C)c1ccccc1C(F)(F)F)c1cnn(C)c1.Cl. The average Bonchev–Trinajstić information content (AvgIpc) is 2.93. The fourth-order valence-electron chi connectivity index (χ4n) is 2.55. The standard InChI is InChI=1S/C16H19F3N4O.ClH/c1-10(12-6-4-5-7-13(12)16(17,18)19)22-15(24)14(20-2)11-8-21-23(3)9-11;/h4-10,14,20H,1-3H3,(H,22,24);1H. The molecule has 0 aliphatic carbocycles. The van der Waals surface area contributed by atoms with Crippen molar-refractivity contribution < 1.29 is 18.0 Å². The van der Waals surface area contributed by atoms with Crippen LogP contribution in [0.5, 0.6) is 0 Å². The molecule has 0 radical (unpaired) electrons. The minimum Gasteiger partial charge on any atom is -0.348 e. The molecule has 1 heterocycles. The number of alkyl halides is 3. The molecule has 1 aromatic heterocycles. The normalized spacial score (nSPS) is 13.7. The molecule has 2 aromatic rings. The number of nitrogens with one attached hydrogen (secondary N) is 2. The lowest BCUT2D eigenvalue weighted by atomic mass is 10.0. The van der Waals surface area contributed by atoms with Crippen molar-refractivity contribution in [3.8, 4) is 0 Å². The molecule has 9 heteroatoms. The van der Waals surface area contributed by atoms with Gasteiger partial charge in [-0.15, -0.1) is 12.4 Å². The number of benzene rings is 1. The van der Waals surface area contributed by atoms with Gasteiger partial charge in [0, 0.05) is 18.8 Å². The van der Waals surface area contributed by atoms with Crippen LogP contribution in [0.25, 0.3) is 0 Å². The lowest BCUT2D eigenvalue weighted by molar-refractivity contribution is -0.138. The molecular weight excluding hydrogens is 357 g/mol. The van der Waals surface area contributed by atoms with Crippen molar-refractivity contribution in [1.82, 2.24) is 20.4 Å². The average molecular weight is 377 g/mol. The molecule has 25 heavy (non-hydrogen) atoms. The Balaban J connectivity index is 0.00000312. The van der Waals surface area contributed by atoms with Gasteiger partial charge >= 0.3 is 6.18 Å². The number of aromatic nitrogens is 2. The lowest BCUT2D eigenvalue weighted by Gasteiger charge is -2.22. The summed E-state index contributed by atoms with van der Waals surface area (Å²) < 4.78 is 40.9. The van der Waals surface area contributed by atoms with E-state index in [1.165, 1.54) is 31.3 Å². The third kappa shape index (κ3) is 4.96. The quantitative estimate of drug-likeness (QED) is 0.843. The second-order valence-electron chi connectivity index (χ2n) is 5.48. The van der Waals surface area contributed by atoms with Gasteiger partial charge in [-0.1, -0.05) is 18.2 Å². The third-order valence-electron chi connectivity index (χ3n) is 3.70. The number of hydrogen-bond acceptors (Lipinski definition) is 3. The van der Waals surface area contributed by atoms with Gasteiger partial charge in [-0.05, 0) is 25.6 Å². The van der Waals surface area contributed by atoms with E-state index in [1.807, 2.05) is 0 Å². The van der Waals surface area contributed by atoms with E-state index in [0.29, 0.717) is 5.56 Å². The molecule has 0 spiro atoms. The van der Waals surface area contributed by atoms with Crippen LogP contribution < -0.4 is 10.6 Å². The molecule has 2 unspecified atom stereocenters. The van der Waals surface area contributed by atoms with E-state index in [-0.39, 0.29) is 18.0 Å². The monoisotopic (exact) mass is 376 g/mol. The maximum Gasteiger partial charge on any atom is 0.416 e. The topological polar surface area (TPSA) is 59.0 Å². The summed E-state index contributed by atoms with van der Waals surface area (Å²) in [6.07, 6.45) is -1.26. The number of halogens is 4. The molecule has 0 aliphatic rings. The molecular formula is C16H20ClF3N4O. The number of rotatable bonds is 5. The third-order valence-corrected chi connectivity index (χ3v) is 3.70. The summed E-state index contributed by atoms with van der Waals surface area (Å²) in [4.78, 5) is 12.4. The van der Waals surface area contributed by atoms with E-state index < -0.39 is 29.7 Å². The number of carbonyl (C=O) groups excluding carboxylic acids is 1. The van der Waals surface area contributed by atoms with Gasteiger partial charge in [-0.3, -0.25) is 9.48 Å². The van der Waals surface area contributed by atoms with Crippen molar-refractivity contribution in [2.24, 2.45) is 7.05 Å². The number of amides is 1. The molecule has 2 atom stereocenters. The summed E-state index contributed by atoms with van der Waals surface area (Å²) >= 11 is 0. The van der Waals surface area contributed by atoms with Gasteiger partial charge in [0.2, 0.25) is 5.91 Å². The first kappa shape index (κ1) is 21.0. The van der Waals surface area contributed by atoms with E-state index in [9.17, 15) is 18.0 Å². The fraction of sp³-hybridized carbons (Fsp3) is 0.375. The molecule has 5 nitrogen and oxygen atoms in total. The first-order chi connectivity index (χ1) is 11.2. The van der Waals surface area contributed by atoms with Gasteiger partial charge in [-0.2, -0.15) is 18.3 Å². The van der Waals surface area contributed by atoms with Crippen molar-refractivity contribution >= 4 is 18.3 Å². The highest BCUT2D eigenvalue weighted by Gasteiger charge is 2.34. The van der Waals surface area contributed by atoms with Crippen molar-refractivity contribution in [3.05, 3.63) is 53.3 Å². The van der Waals surface area contributed by atoms with Crippen LogP contribution in [0.4, 0.5) is 13.2 Å². The van der Waals surface area contributed by atoms with E-state index in [1.54, 1.807) is 25.0 Å². The van der Waals surface area contributed by atoms with Crippen LogP contribution >= 0.6 is 12.4 Å². The minimum atomic E-state index is -4.47. The van der Waals surface area contributed by atoms with Gasteiger partial charge in [0.25, 0.3) is 0 Å². The van der Waals surface area contributed by atoms with Gasteiger partial charge in [0.1, 0.15) is 6.04 Å². The molecule has 1 aromatic carbocycles. The van der Waals surface area contributed by atoms with Crippen molar-refractivity contribution in [1.29, 1.82) is 0 Å². The molecule has 0 aliphatic heterocycles. The summed E-state index contributed by atoms with van der Waals surface area (Å²) in [6.45, 7) is 1.53. The zero-order valence-corrected chi connectivity index (χ0v) is 14.8. The smallest absolute Gasteiger partial charge is 0.348 e. The van der Waals surface area contributed by atoms with E-state index >= 15 is 0 Å². The molecule has 0 bridgehead atoms. The van der Waals surface area contributed by atoms with Crippen LogP contribution in [0, 0.1) is 0 Å². The second-order valence-corrected chi connectivity index (χ2v) is 5.48. The van der Waals surface area contributed by atoms with Gasteiger partial charge < -0.3 is 10.6 Å². The van der Waals surface area contributed by atoms with E-state index in [2.05, 4.69) is 15.7 Å². The highest BCUT2D eigenvalue weighted by Crippen LogP contribution is 2.34. The molecule has 2 rings (SSSR count). The Kier molecular flexibility index (Phi) is 7.01. The first-order valence-corrected chi connectivity index (χ1v) is 7.36. The Bertz CT molecular complexity index is 717. The number of carbonyl (C=O) groups is 1. The Morgan fingerprint density at radius 3 is 2.44 bits per heavy atom. The van der Waals surface area contributed by atoms with Gasteiger partial charge in [0.15, 0.2) is 0 Å². The predicted molar refractivity (Wildman–Crippen MR) is 90.3 cm³/mol. The number of aryl methyl sites for hydroxylation is 1. The fourth-order valence-corrected chi connectivity index (χ4v) is 2.55. The maximum absolute atomic E-state index is 13.1. The van der Waals surface area contributed by atoms with Crippen LogP contribution in [0.3, 0.4) is 0 Å². The Hall–Kier alpha value is -2.06. The van der Waals surface area contributed by atoms with Crippen LogP contribution in [0.1, 0.15) is 35.7 Å². The highest BCUT2D eigenvalue weighted by molar-refractivity contribution is 5.85. The second kappa shape index (κ2) is 8.35. The van der Waals surface area contributed by atoms with Crippen molar-refractivity contribution in [3.63, 3.8) is 0 Å². The Morgan fingerprint density at radius 2 is 1.92 bits per heavy atom. The summed E-state index contributed by atoms with van der Waals surface area (Å²) in [5, 5.41) is 9.47. The van der Waals surface area contributed by atoms with Crippen LogP contribution in [-0.4, -0.2) is 22.7 Å². The zero-order chi connectivity index (χ0) is 17.9. The van der Waals surface area contributed by atoms with Crippen LogP contribution in [0.15, 0.2) is 36.7 Å². The first-order valence-electron chi connectivity index (χ1n) is 7.36. The number of likely N-dealkylation sites (N-methyl/N-ethyl adjacent to an activating group) is 1. The van der Waals surface area contributed by atoms with E-state index in [4.69, 9.17) is 0 Å². The highest BCUT2D eigenvalue weighted by atomic mass is 35.5. The van der Waals surface area contributed by atoms with Crippen LogP contribution in [-0.2, 0) is 18.0 Å². The molecule has 138 valence electrons. The van der Waals surface area contributed by atoms with Gasteiger partial charge in [-0.25, -0.2) is 0 Å². The van der Waals surface area contributed by atoms with Gasteiger partial charge in [0.05, 0.1) is 17.8 Å². The summed E-state index contributed by atoms with van der Waals surface area (Å²) in [5.41, 5.74) is -0.0895. The number of nitrogens with zero attached hydrogens (tertiary/aromatic N) is 2. The molecule has 0 saturated carbocycles. The number of hydrogen-bond donors (Lipinski definition) is 2. The van der Waals surface area contributed by atoms with Crippen LogP contribution in [0.2, 0.25) is 0 Å². The largest absolute Gasteiger partial charge is 0.416 e. The minimum absolute atomic E-state index is 0.